The van der Waals surface area contributed by atoms with Crippen LogP contribution in [0.15, 0.2) is 18.2 Å². The molecule has 1 aromatic rings. The summed E-state index contributed by atoms with van der Waals surface area (Å²) in [6.45, 7) is 3.27. The van der Waals surface area contributed by atoms with E-state index in [1.165, 1.54) is 32.1 Å². The highest BCUT2D eigenvalue weighted by Crippen LogP contribution is 2.36. The zero-order valence-corrected chi connectivity index (χ0v) is 11.0. The normalized spacial score (nSPS) is 18.0. The molecule has 0 bridgehead atoms. The summed E-state index contributed by atoms with van der Waals surface area (Å²) in [6.07, 6.45) is 6.56. The smallest absolute Gasteiger partial charge is 0.101 e. The van der Waals surface area contributed by atoms with Crippen molar-refractivity contribution in [3.8, 4) is 6.07 Å². The van der Waals surface area contributed by atoms with Crippen LogP contribution in [0.25, 0.3) is 0 Å². The Morgan fingerprint density at radius 1 is 1.33 bits per heavy atom. The van der Waals surface area contributed by atoms with Crippen LogP contribution in [-0.4, -0.2) is 6.54 Å². The molecule has 2 rings (SSSR count). The average molecular weight is 243 g/mol. The van der Waals surface area contributed by atoms with Crippen molar-refractivity contribution in [2.75, 3.05) is 17.6 Å². The number of rotatable bonds is 3. The van der Waals surface area contributed by atoms with Gasteiger partial charge in [-0.25, -0.2) is 0 Å². The van der Waals surface area contributed by atoms with Gasteiger partial charge in [-0.15, -0.1) is 0 Å². The second kappa shape index (κ2) is 5.30. The Kier molecular flexibility index (Phi) is 3.76. The fourth-order valence-electron chi connectivity index (χ4n) is 2.71. The Hall–Kier alpha value is -1.69. The average Bonchev–Trinajstić information content (AvgIpc) is 2.38. The van der Waals surface area contributed by atoms with Crippen molar-refractivity contribution in [1.82, 2.24) is 0 Å². The Morgan fingerprint density at radius 2 is 2.06 bits per heavy atom. The number of para-hydroxylation sites is 1. The number of nitriles is 1. The molecule has 0 spiro atoms. The summed E-state index contributed by atoms with van der Waals surface area (Å²) in [5.74, 6) is 0. The van der Waals surface area contributed by atoms with Gasteiger partial charge in [0.1, 0.15) is 6.07 Å². The lowest BCUT2D eigenvalue weighted by Gasteiger charge is -2.34. The van der Waals surface area contributed by atoms with Crippen LogP contribution in [0, 0.1) is 16.7 Å². The third-order valence-electron chi connectivity index (χ3n) is 3.99. The predicted molar refractivity (Wildman–Crippen MR) is 75.3 cm³/mol. The fourth-order valence-corrected chi connectivity index (χ4v) is 2.71. The lowest BCUT2D eigenvalue weighted by Crippen LogP contribution is -2.29. The lowest BCUT2D eigenvalue weighted by atomic mass is 9.75. The maximum Gasteiger partial charge on any atom is 0.101 e. The Bertz CT molecular complexity index is 453. The minimum absolute atomic E-state index is 0.368. The molecule has 18 heavy (non-hydrogen) atoms. The van der Waals surface area contributed by atoms with Crippen molar-refractivity contribution in [1.29, 1.82) is 5.26 Å². The van der Waals surface area contributed by atoms with Gasteiger partial charge in [0, 0.05) is 6.54 Å². The zero-order chi connectivity index (χ0) is 13.0. The molecule has 0 aliphatic heterocycles. The molecule has 1 aromatic carbocycles. The highest BCUT2D eigenvalue weighted by molar-refractivity contribution is 5.72. The van der Waals surface area contributed by atoms with Crippen LogP contribution < -0.4 is 11.1 Å². The van der Waals surface area contributed by atoms with Gasteiger partial charge in [-0.05, 0) is 30.4 Å². The third-order valence-corrected chi connectivity index (χ3v) is 3.99. The highest BCUT2D eigenvalue weighted by Gasteiger charge is 2.26. The highest BCUT2D eigenvalue weighted by atomic mass is 14.9. The van der Waals surface area contributed by atoms with E-state index >= 15 is 0 Å². The number of nitrogens with two attached hydrogens (primary N) is 1. The maximum atomic E-state index is 8.95. The molecule has 0 amide bonds. The van der Waals surface area contributed by atoms with Crippen LogP contribution in [0.2, 0.25) is 0 Å². The maximum absolute atomic E-state index is 8.95. The quantitative estimate of drug-likeness (QED) is 0.798. The first kappa shape index (κ1) is 12.8. The van der Waals surface area contributed by atoms with E-state index in [-0.39, 0.29) is 0 Å². The van der Waals surface area contributed by atoms with Crippen LogP contribution in [0.1, 0.15) is 44.6 Å². The van der Waals surface area contributed by atoms with Crippen LogP contribution in [-0.2, 0) is 0 Å². The van der Waals surface area contributed by atoms with E-state index in [1.807, 2.05) is 12.1 Å². The fraction of sp³-hybridized carbons (Fsp3) is 0.533. The summed E-state index contributed by atoms with van der Waals surface area (Å²) in [4.78, 5) is 0. The molecule has 1 fully saturated rings. The van der Waals surface area contributed by atoms with E-state index in [0.29, 0.717) is 16.7 Å². The van der Waals surface area contributed by atoms with Crippen LogP contribution in [0.5, 0.6) is 0 Å². The molecule has 0 atom stereocenters. The largest absolute Gasteiger partial charge is 0.396 e. The predicted octanol–water partition coefficient (Wildman–Crippen LogP) is 3.52. The van der Waals surface area contributed by atoms with Crippen LogP contribution in [0.4, 0.5) is 11.4 Å². The molecule has 0 saturated heterocycles. The van der Waals surface area contributed by atoms with E-state index in [4.69, 9.17) is 11.0 Å². The summed E-state index contributed by atoms with van der Waals surface area (Å²) in [6, 6.07) is 7.69. The summed E-state index contributed by atoms with van der Waals surface area (Å²) >= 11 is 0. The first-order valence-corrected chi connectivity index (χ1v) is 6.67. The van der Waals surface area contributed by atoms with Crippen LogP contribution in [0.3, 0.4) is 0 Å². The monoisotopic (exact) mass is 243 g/mol. The number of hydrogen-bond donors (Lipinski definition) is 2. The molecule has 0 unspecified atom stereocenters. The molecule has 96 valence electrons. The van der Waals surface area contributed by atoms with Gasteiger partial charge in [0.25, 0.3) is 0 Å². The Labute approximate surface area is 109 Å². The number of benzene rings is 1. The topological polar surface area (TPSA) is 61.8 Å². The third kappa shape index (κ3) is 2.76. The number of hydrogen-bond acceptors (Lipinski definition) is 3. The summed E-state index contributed by atoms with van der Waals surface area (Å²) in [5.41, 5.74) is 8.34. The van der Waals surface area contributed by atoms with Crippen molar-refractivity contribution in [3.63, 3.8) is 0 Å². The first-order chi connectivity index (χ1) is 8.64. The second-order valence-electron chi connectivity index (χ2n) is 5.60. The minimum atomic E-state index is 0.368. The van der Waals surface area contributed by atoms with Gasteiger partial charge in [-0.2, -0.15) is 5.26 Å². The summed E-state index contributed by atoms with van der Waals surface area (Å²) in [5, 5.41) is 12.4. The van der Waals surface area contributed by atoms with Crippen LogP contribution >= 0.6 is 0 Å². The molecule has 0 radical (unpaired) electrons. The number of nitrogens with one attached hydrogen (secondary N) is 1. The van der Waals surface area contributed by atoms with E-state index in [9.17, 15) is 0 Å². The number of nitrogens with zero attached hydrogens (tertiary/aromatic N) is 1. The molecule has 3 N–H and O–H groups in total. The first-order valence-electron chi connectivity index (χ1n) is 6.67. The van der Waals surface area contributed by atoms with E-state index < -0.39 is 0 Å². The van der Waals surface area contributed by atoms with Gasteiger partial charge in [0.2, 0.25) is 0 Å². The Morgan fingerprint density at radius 3 is 2.72 bits per heavy atom. The van der Waals surface area contributed by atoms with Gasteiger partial charge < -0.3 is 11.1 Å². The standard InChI is InChI=1S/C15H21N3/c1-15(8-3-2-4-9-15)11-18-13-7-5-6-12(10-16)14(13)17/h5-7,18H,2-4,8-9,11,17H2,1H3. The lowest BCUT2D eigenvalue weighted by molar-refractivity contribution is 0.233. The molecule has 3 heteroatoms. The van der Waals surface area contributed by atoms with E-state index in [0.717, 1.165) is 12.2 Å². The number of anilines is 2. The number of nitrogen functional groups attached to an aromatic ring is 1. The molecule has 1 aliphatic rings. The van der Waals surface area contributed by atoms with Crippen molar-refractivity contribution in [2.24, 2.45) is 5.41 Å². The van der Waals surface area contributed by atoms with Gasteiger partial charge in [-0.3, -0.25) is 0 Å². The molecule has 3 nitrogen and oxygen atoms in total. The van der Waals surface area contributed by atoms with E-state index in [1.54, 1.807) is 6.07 Å². The molecule has 0 aromatic heterocycles. The van der Waals surface area contributed by atoms with Gasteiger partial charge in [0.05, 0.1) is 16.9 Å². The van der Waals surface area contributed by atoms with Gasteiger partial charge in [-0.1, -0.05) is 32.3 Å². The van der Waals surface area contributed by atoms with Crippen molar-refractivity contribution in [2.45, 2.75) is 39.0 Å². The zero-order valence-electron chi connectivity index (χ0n) is 11.0. The van der Waals surface area contributed by atoms with Gasteiger partial charge in [0.15, 0.2) is 0 Å². The molecule has 0 heterocycles. The Balaban J connectivity index is 2.04. The molecule has 1 saturated carbocycles. The summed E-state index contributed by atoms with van der Waals surface area (Å²) in [7, 11) is 0. The van der Waals surface area contributed by atoms with E-state index in [2.05, 4.69) is 18.3 Å². The van der Waals surface area contributed by atoms with Crippen molar-refractivity contribution >= 4 is 11.4 Å². The minimum Gasteiger partial charge on any atom is -0.396 e. The SMILES string of the molecule is CC1(CNc2cccc(C#N)c2N)CCCCC1. The second-order valence-corrected chi connectivity index (χ2v) is 5.60. The summed E-state index contributed by atoms with van der Waals surface area (Å²) < 4.78 is 0. The molecular weight excluding hydrogens is 222 g/mol. The molecular formula is C15H21N3. The van der Waals surface area contributed by atoms with Crippen molar-refractivity contribution < 1.29 is 0 Å². The van der Waals surface area contributed by atoms with Crippen molar-refractivity contribution in [3.05, 3.63) is 23.8 Å². The van der Waals surface area contributed by atoms with Gasteiger partial charge >= 0.3 is 0 Å². The molecule has 1 aliphatic carbocycles.